The highest BCUT2D eigenvalue weighted by molar-refractivity contribution is 6.33. The first-order valence-corrected chi connectivity index (χ1v) is 9.93. The Bertz CT molecular complexity index is 821. The van der Waals surface area contributed by atoms with Gasteiger partial charge in [0, 0.05) is 37.8 Å². The molecule has 1 aromatic rings. The molecule has 0 aliphatic carbocycles. The Hall–Kier alpha value is -2.22. The van der Waals surface area contributed by atoms with Crippen LogP contribution in [0.4, 0.5) is 4.39 Å². The third-order valence-electron chi connectivity index (χ3n) is 6.20. The number of carbonyl (C=O) groups excluding carboxylic acids is 3. The number of piperidine rings is 1. The number of hydrogen-bond acceptors (Lipinski definition) is 4. The molecule has 1 aromatic heterocycles. The van der Waals surface area contributed by atoms with Gasteiger partial charge in [-0.1, -0.05) is 11.6 Å². The van der Waals surface area contributed by atoms with Crippen LogP contribution in [0.25, 0.3) is 0 Å². The van der Waals surface area contributed by atoms with Crippen molar-refractivity contribution in [2.24, 2.45) is 0 Å². The second kappa shape index (κ2) is 7.31. The number of fused-ring (bicyclic) bond motifs is 2. The molecule has 28 heavy (non-hydrogen) atoms. The van der Waals surface area contributed by atoms with Crippen LogP contribution in [0.3, 0.4) is 0 Å². The number of hydrogen-bond donors (Lipinski definition) is 1. The van der Waals surface area contributed by atoms with Crippen LogP contribution in [-0.4, -0.2) is 63.7 Å². The van der Waals surface area contributed by atoms with Gasteiger partial charge in [-0.15, -0.1) is 0 Å². The molecule has 3 aliphatic rings. The predicted molar refractivity (Wildman–Crippen MR) is 99.1 cm³/mol. The molecule has 0 aromatic carbocycles. The highest BCUT2D eigenvalue weighted by Crippen LogP contribution is 2.38. The SMILES string of the molecule is CN(C(=O)c1ccnc(F)c1Cl)C1CC2CCC(C1)N2C(=O)[C@H]1CCC(=O)N1. The zero-order valence-electron chi connectivity index (χ0n) is 15.5. The van der Waals surface area contributed by atoms with E-state index in [-0.39, 0.29) is 46.4 Å². The molecule has 3 amide bonds. The molecule has 0 spiro atoms. The Kier molecular flexibility index (Phi) is 4.99. The minimum Gasteiger partial charge on any atom is -0.344 e. The summed E-state index contributed by atoms with van der Waals surface area (Å²) in [4.78, 5) is 44.1. The highest BCUT2D eigenvalue weighted by Gasteiger charge is 2.47. The summed E-state index contributed by atoms with van der Waals surface area (Å²) in [5.74, 6) is -1.30. The van der Waals surface area contributed by atoms with Crippen molar-refractivity contribution in [1.29, 1.82) is 0 Å². The molecule has 1 N–H and O–H groups in total. The number of nitrogens with one attached hydrogen (secondary N) is 1. The van der Waals surface area contributed by atoms with Gasteiger partial charge < -0.3 is 15.1 Å². The number of aromatic nitrogens is 1. The van der Waals surface area contributed by atoms with Crippen LogP contribution in [0, 0.1) is 5.95 Å². The lowest BCUT2D eigenvalue weighted by Crippen LogP contribution is -2.56. The molecule has 3 aliphatic heterocycles. The van der Waals surface area contributed by atoms with Crippen molar-refractivity contribution in [3.05, 3.63) is 28.8 Å². The summed E-state index contributed by atoms with van der Waals surface area (Å²) in [5.41, 5.74) is 0.0937. The van der Waals surface area contributed by atoms with Gasteiger partial charge in [0.1, 0.15) is 11.1 Å². The number of rotatable bonds is 3. The molecule has 0 saturated carbocycles. The Balaban J connectivity index is 1.46. The second-order valence-corrected chi connectivity index (χ2v) is 8.17. The summed E-state index contributed by atoms with van der Waals surface area (Å²) in [7, 11) is 1.69. The molecule has 7 nitrogen and oxygen atoms in total. The molecule has 3 saturated heterocycles. The molecule has 3 fully saturated rings. The zero-order chi connectivity index (χ0) is 20.0. The molecular formula is C19H22ClFN4O3. The maximum absolute atomic E-state index is 13.6. The Morgan fingerprint density at radius 3 is 2.57 bits per heavy atom. The number of nitrogens with zero attached hydrogens (tertiary/aromatic N) is 3. The average molecular weight is 409 g/mol. The molecule has 9 heteroatoms. The van der Waals surface area contributed by atoms with Crippen molar-refractivity contribution < 1.29 is 18.8 Å². The predicted octanol–water partition coefficient (Wildman–Crippen LogP) is 1.75. The first-order valence-electron chi connectivity index (χ1n) is 9.55. The van der Waals surface area contributed by atoms with Crippen molar-refractivity contribution in [3.8, 4) is 0 Å². The van der Waals surface area contributed by atoms with E-state index in [4.69, 9.17) is 11.6 Å². The maximum Gasteiger partial charge on any atom is 0.255 e. The second-order valence-electron chi connectivity index (χ2n) is 7.79. The van der Waals surface area contributed by atoms with Gasteiger partial charge >= 0.3 is 0 Å². The third kappa shape index (κ3) is 3.23. The van der Waals surface area contributed by atoms with E-state index >= 15 is 0 Å². The molecule has 2 unspecified atom stereocenters. The quantitative estimate of drug-likeness (QED) is 0.772. The highest BCUT2D eigenvalue weighted by atomic mass is 35.5. The van der Waals surface area contributed by atoms with Gasteiger partial charge in [0.2, 0.25) is 17.8 Å². The van der Waals surface area contributed by atoms with E-state index in [1.807, 2.05) is 4.90 Å². The van der Waals surface area contributed by atoms with Crippen LogP contribution in [-0.2, 0) is 9.59 Å². The fourth-order valence-electron chi connectivity index (χ4n) is 4.74. The summed E-state index contributed by atoms with van der Waals surface area (Å²) in [6.07, 6.45) is 5.26. The van der Waals surface area contributed by atoms with Gasteiger partial charge in [-0.25, -0.2) is 4.98 Å². The van der Waals surface area contributed by atoms with E-state index in [2.05, 4.69) is 10.3 Å². The van der Waals surface area contributed by atoms with E-state index in [9.17, 15) is 18.8 Å². The molecule has 0 radical (unpaired) electrons. The van der Waals surface area contributed by atoms with Crippen LogP contribution in [0.1, 0.15) is 48.9 Å². The van der Waals surface area contributed by atoms with Crippen molar-refractivity contribution in [3.63, 3.8) is 0 Å². The van der Waals surface area contributed by atoms with Crippen LogP contribution >= 0.6 is 11.6 Å². The van der Waals surface area contributed by atoms with Gasteiger partial charge in [0.25, 0.3) is 5.91 Å². The van der Waals surface area contributed by atoms with E-state index in [0.29, 0.717) is 25.7 Å². The summed E-state index contributed by atoms with van der Waals surface area (Å²) in [6.45, 7) is 0. The summed E-state index contributed by atoms with van der Waals surface area (Å²) >= 11 is 5.92. The first kappa shape index (κ1) is 19.1. The monoisotopic (exact) mass is 408 g/mol. The lowest BCUT2D eigenvalue weighted by atomic mass is 9.94. The summed E-state index contributed by atoms with van der Waals surface area (Å²) < 4.78 is 13.6. The van der Waals surface area contributed by atoms with Gasteiger partial charge in [-0.05, 0) is 38.2 Å². The van der Waals surface area contributed by atoms with Gasteiger partial charge in [-0.2, -0.15) is 4.39 Å². The Morgan fingerprint density at radius 2 is 1.96 bits per heavy atom. The van der Waals surface area contributed by atoms with Crippen molar-refractivity contribution in [2.45, 2.75) is 62.7 Å². The van der Waals surface area contributed by atoms with Crippen molar-refractivity contribution in [1.82, 2.24) is 20.1 Å². The Labute approximate surface area is 167 Å². The largest absolute Gasteiger partial charge is 0.344 e. The summed E-state index contributed by atoms with van der Waals surface area (Å²) in [5, 5.41) is 2.48. The van der Waals surface area contributed by atoms with Gasteiger partial charge in [-0.3, -0.25) is 14.4 Å². The van der Waals surface area contributed by atoms with Crippen molar-refractivity contribution in [2.75, 3.05) is 7.05 Å². The van der Waals surface area contributed by atoms with E-state index in [1.54, 1.807) is 11.9 Å². The van der Waals surface area contributed by atoms with E-state index in [0.717, 1.165) is 12.8 Å². The number of pyridine rings is 1. The Morgan fingerprint density at radius 1 is 1.29 bits per heavy atom. The van der Waals surface area contributed by atoms with Crippen LogP contribution in [0.2, 0.25) is 5.02 Å². The topological polar surface area (TPSA) is 82.6 Å². The van der Waals surface area contributed by atoms with Crippen LogP contribution in [0.5, 0.6) is 0 Å². The van der Waals surface area contributed by atoms with Crippen molar-refractivity contribution >= 4 is 29.3 Å². The van der Waals surface area contributed by atoms with Crippen LogP contribution in [0.15, 0.2) is 12.3 Å². The number of amides is 3. The minimum absolute atomic E-state index is 0.00923. The lowest BCUT2D eigenvalue weighted by molar-refractivity contribution is -0.139. The summed E-state index contributed by atoms with van der Waals surface area (Å²) in [6, 6.07) is 1.03. The number of carbonyl (C=O) groups is 3. The normalized spacial score (nSPS) is 29.0. The van der Waals surface area contributed by atoms with Gasteiger partial charge in [0.15, 0.2) is 0 Å². The maximum atomic E-state index is 13.6. The molecule has 3 atom stereocenters. The van der Waals surface area contributed by atoms with E-state index < -0.39 is 12.0 Å². The lowest BCUT2D eigenvalue weighted by Gasteiger charge is -2.43. The third-order valence-corrected chi connectivity index (χ3v) is 6.56. The molecule has 150 valence electrons. The van der Waals surface area contributed by atoms with E-state index in [1.165, 1.54) is 12.3 Å². The molecule has 4 rings (SSSR count). The smallest absolute Gasteiger partial charge is 0.255 e. The zero-order valence-corrected chi connectivity index (χ0v) is 16.3. The average Bonchev–Trinajstić information content (AvgIpc) is 3.22. The van der Waals surface area contributed by atoms with Gasteiger partial charge in [0.05, 0.1) is 5.56 Å². The molecular weight excluding hydrogens is 387 g/mol. The fourth-order valence-corrected chi connectivity index (χ4v) is 4.94. The standard InChI is InChI=1S/C19H22ClFN4O3/c1-24(18(27)13-6-7-22-17(21)16(13)20)12-8-10-2-3-11(9-12)25(10)19(28)14-4-5-15(26)23-14/h6-7,10-12,14H,2-5,8-9H2,1H3,(H,23,26)/t10?,11?,12?,14-/m1/s1. The minimum atomic E-state index is -0.861. The molecule has 2 bridgehead atoms. The number of halogens is 2. The first-order chi connectivity index (χ1) is 13.4. The molecule has 4 heterocycles. The van der Waals surface area contributed by atoms with Crippen LogP contribution < -0.4 is 5.32 Å². The fraction of sp³-hybridized carbons (Fsp3) is 0.579.